The van der Waals surface area contributed by atoms with Crippen molar-refractivity contribution in [2.45, 2.75) is 32.4 Å². The van der Waals surface area contributed by atoms with Crippen LogP contribution in [0.2, 0.25) is 0 Å². The van der Waals surface area contributed by atoms with E-state index in [4.69, 9.17) is 5.10 Å². The molecule has 0 spiro atoms. The Bertz CT molecular complexity index is 1160. The summed E-state index contributed by atoms with van der Waals surface area (Å²) in [6.45, 7) is 5.58. The number of hydrogen-bond acceptors (Lipinski definition) is 5. The summed E-state index contributed by atoms with van der Waals surface area (Å²) in [4.78, 5) is 18.7. The van der Waals surface area contributed by atoms with Gasteiger partial charge < -0.3 is 5.32 Å². The van der Waals surface area contributed by atoms with Gasteiger partial charge in [0.1, 0.15) is 4.83 Å². The van der Waals surface area contributed by atoms with Crippen LogP contribution < -0.4 is 5.32 Å². The highest BCUT2D eigenvalue weighted by Crippen LogP contribution is 2.30. The minimum atomic E-state index is 0.00705. The van der Waals surface area contributed by atoms with Crippen molar-refractivity contribution in [3.05, 3.63) is 74.9 Å². The zero-order chi connectivity index (χ0) is 21.2. The smallest absolute Gasteiger partial charge is 0.261 e. The number of fused-ring (bicyclic) bond motifs is 1. The number of aromatic nitrogens is 2. The van der Waals surface area contributed by atoms with Crippen LogP contribution in [-0.2, 0) is 6.54 Å². The number of carbonyl (C=O) groups is 1. The van der Waals surface area contributed by atoms with E-state index in [-0.39, 0.29) is 11.9 Å². The highest BCUT2D eigenvalue weighted by molar-refractivity contribution is 7.20. The molecule has 5 nitrogen and oxygen atoms in total. The van der Waals surface area contributed by atoms with Crippen LogP contribution in [0.3, 0.4) is 0 Å². The summed E-state index contributed by atoms with van der Waals surface area (Å²) in [7, 11) is 0. The van der Waals surface area contributed by atoms with Crippen molar-refractivity contribution in [1.82, 2.24) is 20.0 Å². The summed E-state index contributed by atoms with van der Waals surface area (Å²) in [6.07, 6.45) is 2.48. The van der Waals surface area contributed by atoms with Gasteiger partial charge in [0.2, 0.25) is 0 Å². The molecule has 7 heteroatoms. The Kier molecular flexibility index (Phi) is 5.89. The van der Waals surface area contributed by atoms with Crippen LogP contribution in [0.5, 0.6) is 0 Å². The van der Waals surface area contributed by atoms with Crippen LogP contribution in [0.1, 0.15) is 44.7 Å². The Balaban J connectivity index is 1.33. The Morgan fingerprint density at radius 3 is 2.71 bits per heavy atom. The first kappa shape index (κ1) is 20.4. The quantitative estimate of drug-likeness (QED) is 0.427. The lowest BCUT2D eigenvalue weighted by atomic mass is 10.2. The molecule has 0 radical (unpaired) electrons. The number of carbonyl (C=O) groups excluding carboxylic acids is 1. The third kappa shape index (κ3) is 4.31. The van der Waals surface area contributed by atoms with Crippen molar-refractivity contribution in [3.63, 3.8) is 0 Å². The number of aryl methyl sites for hydroxylation is 1. The lowest BCUT2D eigenvalue weighted by Crippen LogP contribution is -2.36. The first-order chi connectivity index (χ1) is 15.2. The average molecular weight is 451 g/mol. The van der Waals surface area contributed by atoms with Crippen molar-refractivity contribution in [2.24, 2.45) is 0 Å². The lowest BCUT2D eigenvalue weighted by Gasteiger charge is -2.26. The molecule has 1 unspecified atom stereocenters. The highest BCUT2D eigenvalue weighted by Gasteiger charge is 2.25. The minimum absolute atomic E-state index is 0.00705. The van der Waals surface area contributed by atoms with E-state index in [1.54, 1.807) is 11.3 Å². The van der Waals surface area contributed by atoms with E-state index < -0.39 is 0 Å². The molecule has 4 aromatic rings. The van der Waals surface area contributed by atoms with E-state index in [0.29, 0.717) is 13.1 Å². The second-order valence-corrected chi connectivity index (χ2v) is 10.1. The normalized spacial score (nSPS) is 15.5. The molecule has 5 rings (SSSR count). The predicted octanol–water partition coefficient (Wildman–Crippen LogP) is 5.08. The first-order valence-electron chi connectivity index (χ1n) is 10.8. The lowest BCUT2D eigenvalue weighted by molar-refractivity contribution is 0.0942. The Hall–Kier alpha value is -2.48. The molecule has 1 N–H and O–H groups in total. The molecule has 3 aromatic heterocycles. The van der Waals surface area contributed by atoms with Gasteiger partial charge in [-0.25, -0.2) is 0 Å². The maximum absolute atomic E-state index is 13.0. The van der Waals surface area contributed by atoms with Gasteiger partial charge in [-0.1, -0.05) is 36.4 Å². The molecular weight excluding hydrogens is 424 g/mol. The van der Waals surface area contributed by atoms with Crippen LogP contribution in [0, 0.1) is 6.92 Å². The number of hydrogen-bond donors (Lipinski definition) is 1. The summed E-state index contributed by atoms with van der Waals surface area (Å²) < 4.78 is 2.01. The summed E-state index contributed by atoms with van der Waals surface area (Å²) in [5.41, 5.74) is 2.17. The van der Waals surface area contributed by atoms with E-state index in [1.165, 1.54) is 34.6 Å². The fraction of sp³-hybridized carbons (Fsp3) is 0.333. The third-order valence-electron chi connectivity index (χ3n) is 5.92. The van der Waals surface area contributed by atoms with E-state index in [2.05, 4.69) is 39.9 Å². The fourth-order valence-corrected chi connectivity index (χ4v) is 6.25. The van der Waals surface area contributed by atoms with Gasteiger partial charge in [-0.3, -0.25) is 14.4 Å². The molecule has 1 fully saturated rings. The number of thiophene rings is 2. The van der Waals surface area contributed by atoms with Crippen LogP contribution in [-0.4, -0.2) is 40.2 Å². The average Bonchev–Trinajstić information content (AvgIpc) is 3.57. The Morgan fingerprint density at radius 2 is 1.97 bits per heavy atom. The number of amides is 1. The van der Waals surface area contributed by atoms with Crippen LogP contribution in [0.25, 0.3) is 10.2 Å². The van der Waals surface area contributed by atoms with Crippen LogP contribution >= 0.6 is 22.7 Å². The SMILES string of the molecule is Cc1nn(Cc2ccccc2)c2sc(C(=O)NCC(c3cccs3)N3CCCC3)cc12. The van der Waals surface area contributed by atoms with Crippen molar-refractivity contribution in [3.8, 4) is 0 Å². The maximum Gasteiger partial charge on any atom is 0.261 e. The monoisotopic (exact) mass is 450 g/mol. The third-order valence-corrected chi connectivity index (χ3v) is 8.04. The van der Waals surface area contributed by atoms with Gasteiger partial charge in [-0.15, -0.1) is 22.7 Å². The summed E-state index contributed by atoms with van der Waals surface area (Å²) in [6, 6.07) is 16.8. The predicted molar refractivity (Wildman–Crippen MR) is 128 cm³/mol. The fourth-order valence-electron chi connectivity index (χ4n) is 4.31. The van der Waals surface area contributed by atoms with Gasteiger partial charge in [0.05, 0.1) is 23.2 Å². The maximum atomic E-state index is 13.0. The minimum Gasteiger partial charge on any atom is -0.349 e. The standard InChI is InChI=1S/C24H26N4OS2/c1-17-19-14-22(31-24(19)28(26-17)16-18-8-3-2-4-9-18)23(29)25-15-20(21-10-7-13-30-21)27-11-5-6-12-27/h2-4,7-10,13-14,20H,5-6,11-12,15-16H2,1H3,(H,25,29). The zero-order valence-corrected chi connectivity index (χ0v) is 19.2. The van der Waals surface area contributed by atoms with Crippen molar-refractivity contribution in [1.29, 1.82) is 0 Å². The molecule has 1 atom stereocenters. The molecule has 1 saturated heterocycles. The molecule has 31 heavy (non-hydrogen) atoms. The molecule has 1 aliphatic rings. The molecular formula is C24H26N4OS2. The molecule has 0 aliphatic carbocycles. The number of rotatable bonds is 7. The second kappa shape index (κ2) is 8.94. The second-order valence-electron chi connectivity index (χ2n) is 8.04. The molecule has 160 valence electrons. The Morgan fingerprint density at radius 1 is 1.16 bits per heavy atom. The zero-order valence-electron chi connectivity index (χ0n) is 17.6. The van der Waals surface area contributed by atoms with Gasteiger partial charge >= 0.3 is 0 Å². The number of nitrogens with one attached hydrogen (secondary N) is 1. The van der Waals surface area contributed by atoms with E-state index in [0.717, 1.165) is 33.9 Å². The summed E-state index contributed by atoms with van der Waals surface area (Å²) >= 11 is 3.30. The van der Waals surface area contributed by atoms with E-state index in [1.807, 2.05) is 35.9 Å². The number of nitrogens with zero attached hydrogens (tertiary/aromatic N) is 3. The van der Waals surface area contributed by atoms with E-state index in [9.17, 15) is 4.79 Å². The Labute approximate surface area is 190 Å². The van der Waals surface area contributed by atoms with Crippen LogP contribution in [0.15, 0.2) is 53.9 Å². The molecule has 4 heterocycles. The van der Waals surface area contributed by atoms with Gasteiger partial charge in [0.25, 0.3) is 5.91 Å². The van der Waals surface area contributed by atoms with Crippen LogP contribution in [0.4, 0.5) is 0 Å². The van der Waals surface area contributed by atoms with Gasteiger partial charge in [-0.2, -0.15) is 5.10 Å². The summed E-state index contributed by atoms with van der Waals surface area (Å²) in [5.74, 6) is 0.00705. The van der Waals surface area contributed by atoms with Crippen molar-refractivity contribution < 1.29 is 4.79 Å². The number of benzene rings is 1. The van der Waals surface area contributed by atoms with Gasteiger partial charge in [0.15, 0.2) is 0 Å². The van der Waals surface area contributed by atoms with E-state index >= 15 is 0 Å². The molecule has 0 saturated carbocycles. The molecule has 1 aromatic carbocycles. The van der Waals surface area contributed by atoms with Crippen molar-refractivity contribution >= 4 is 38.8 Å². The highest BCUT2D eigenvalue weighted by atomic mass is 32.1. The van der Waals surface area contributed by atoms with Gasteiger partial charge in [-0.05, 0) is 55.9 Å². The first-order valence-corrected chi connectivity index (χ1v) is 12.4. The van der Waals surface area contributed by atoms with Crippen molar-refractivity contribution in [2.75, 3.05) is 19.6 Å². The number of likely N-dealkylation sites (tertiary alicyclic amines) is 1. The van der Waals surface area contributed by atoms with Gasteiger partial charge in [0, 0.05) is 16.8 Å². The molecule has 1 aliphatic heterocycles. The summed E-state index contributed by atoms with van der Waals surface area (Å²) in [5, 5.41) is 11.1. The molecule has 0 bridgehead atoms. The molecule has 1 amide bonds. The largest absolute Gasteiger partial charge is 0.349 e. The topological polar surface area (TPSA) is 50.2 Å².